The molecule has 0 spiro atoms. The van der Waals surface area contributed by atoms with Crippen LogP contribution in [0.15, 0.2) is 54.6 Å². The second-order valence-corrected chi connectivity index (χ2v) is 6.92. The Labute approximate surface area is 180 Å². The maximum absolute atomic E-state index is 12.5. The average molecular weight is 432 g/mol. The van der Waals surface area contributed by atoms with Gasteiger partial charge >= 0.3 is 6.61 Å². The smallest absolute Gasteiger partial charge is 0.387 e. The van der Waals surface area contributed by atoms with Crippen molar-refractivity contribution in [3.05, 3.63) is 65.7 Å². The lowest BCUT2D eigenvalue weighted by atomic mass is 10.2. The number of rotatable bonds is 10. The third-order valence-corrected chi connectivity index (χ3v) is 4.69. The molecule has 0 aromatic heterocycles. The van der Waals surface area contributed by atoms with E-state index in [9.17, 15) is 13.6 Å². The second kappa shape index (κ2) is 12.0. The summed E-state index contributed by atoms with van der Waals surface area (Å²) in [4.78, 5) is 14.4. The van der Waals surface area contributed by atoms with Crippen molar-refractivity contribution in [2.24, 2.45) is 0 Å². The molecule has 1 saturated heterocycles. The summed E-state index contributed by atoms with van der Waals surface area (Å²) in [5.41, 5.74) is 1.29. The van der Waals surface area contributed by atoms with Gasteiger partial charge in [-0.05, 0) is 29.8 Å². The molecule has 3 rings (SSSR count). The Morgan fingerprint density at radius 3 is 2.77 bits per heavy atom. The van der Waals surface area contributed by atoms with Gasteiger partial charge in [0.25, 0.3) is 0 Å². The van der Waals surface area contributed by atoms with E-state index in [2.05, 4.69) is 15.0 Å². The SMILES string of the molecule is O=C(C=Cc1ccccc1OC(F)F)NCc1cccc(OCCN2CCOCC2)c1. The molecule has 2 aromatic carbocycles. The highest BCUT2D eigenvalue weighted by Crippen LogP contribution is 2.21. The molecule has 0 bridgehead atoms. The van der Waals surface area contributed by atoms with Crippen molar-refractivity contribution in [2.45, 2.75) is 13.2 Å². The summed E-state index contributed by atoms with van der Waals surface area (Å²) in [6.45, 7) is 2.17. The molecule has 1 heterocycles. The molecule has 0 saturated carbocycles. The van der Waals surface area contributed by atoms with Crippen molar-refractivity contribution in [1.82, 2.24) is 10.2 Å². The average Bonchev–Trinajstić information content (AvgIpc) is 2.78. The zero-order valence-electron chi connectivity index (χ0n) is 17.1. The van der Waals surface area contributed by atoms with Gasteiger partial charge < -0.3 is 19.5 Å². The van der Waals surface area contributed by atoms with Crippen LogP contribution in [0.25, 0.3) is 6.08 Å². The molecule has 8 heteroatoms. The number of carbonyl (C=O) groups is 1. The Morgan fingerprint density at radius 1 is 1.16 bits per heavy atom. The first kappa shape index (κ1) is 22.7. The van der Waals surface area contributed by atoms with E-state index in [4.69, 9.17) is 9.47 Å². The number of hydrogen-bond acceptors (Lipinski definition) is 5. The van der Waals surface area contributed by atoms with Gasteiger partial charge in [0.05, 0.1) is 13.2 Å². The lowest BCUT2D eigenvalue weighted by Gasteiger charge is -2.26. The number of morpholine rings is 1. The molecular formula is C23H26F2N2O4. The van der Waals surface area contributed by atoms with Gasteiger partial charge in [0.1, 0.15) is 18.1 Å². The Morgan fingerprint density at radius 2 is 1.97 bits per heavy atom. The van der Waals surface area contributed by atoms with E-state index in [1.165, 1.54) is 18.2 Å². The maximum Gasteiger partial charge on any atom is 0.387 e. The van der Waals surface area contributed by atoms with Gasteiger partial charge in [-0.2, -0.15) is 8.78 Å². The molecule has 1 aliphatic rings. The van der Waals surface area contributed by atoms with Crippen LogP contribution in [-0.4, -0.2) is 56.9 Å². The highest BCUT2D eigenvalue weighted by molar-refractivity contribution is 5.92. The minimum absolute atomic E-state index is 0.0171. The van der Waals surface area contributed by atoms with Crippen LogP contribution in [0.4, 0.5) is 8.78 Å². The zero-order valence-corrected chi connectivity index (χ0v) is 17.1. The number of para-hydroxylation sites is 1. The normalized spacial score (nSPS) is 14.7. The number of amides is 1. The van der Waals surface area contributed by atoms with Crippen LogP contribution < -0.4 is 14.8 Å². The van der Waals surface area contributed by atoms with Crippen LogP contribution in [0.2, 0.25) is 0 Å². The number of alkyl halides is 2. The first-order valence-electron chi connectivity index (χ1n) is 10.1. The molecule has 6 nitrogen and oxygen atoms in total. The van der Waals surface area contributed by atoms with Crippen LogP contribution in [-0.2, 0) is 16.1 Å². The quantitative estimate of drug-likeness (QED) is 0.584. The monoisotopic (exact) mass is 432 g/mol. The summed E-state index contributed by atoms with van der Waals surface area (Å²) in [6, 6.07) is 13.8. The summed E-state index contributed by atoms with van der Waals surface area (Å²) in [5, 5.41) is 2.77. The number of halogens is 2. The van der Waals surface area contributed by atoms with Gasteiger partial charge in [-0.1, -0.05) is 30.3 Å². The van der Waals surface area contributed by atoms with Crippen LogP contribution in [0, 0.1) is 0 Å². The van der Waals surface area contributed by atoms with Gasteiger partial charge in [-0.25, -0.2) is 0 Å². The molecule has 166 valence electrons. The van der Waals surface area contributed by atoms with Crippen molar-refractivity contribution in [2.75, 3.05) is 39.5 Å². The molecule has 2 aromatic rings. The number of benzene rings is 2. The van der Waals surface area contributed by atoms with Crippen LogP contribution in [0.1, 0.15) is 11.1 Å². The number of nitrogens with zero attached hydrogens (tertiary/aromatic N) is 1. The van der Waals surface area contributed by atoms with E-state index in [0.717, 1.165) is 44.2 Å². The van der Waals surface area contributed by atoms with Crippen molar-refractivity contribution in [3.63, 3.8) is 0 Å². The van der Waals surface area contributed by atoms with E-state index in [1.807, 2.05) is 24.3 Å². The zero-order chi connectivity index (χ0) is 21.9. The molecule has 0 atom stereocenters. The molecule has 0 radical (unpaired) electrons. The Hall–Kier alpha value is -2.97. The lowest BCUT2D eigenvalue weighted by molar-refractivity contribution is -0.116. The molecule has 1 N–H and O–H groups in total. The standard InChI is InChI=1S/C23H26F2N2O4/c24-23(25)31-21-7-2-1-5-19(21)8-9-22(28)26-17-18-4-3-6-20(16-18)30-15-12-27-10-13-29-14-11-27/h1-9,16,23H,10-15,17H2,(H,26,28). The number of ether oxygens (including phenoxy) is 3. The summed E-state index contributed by atoms with van der Waals surface area (Å²) in [7, 11) is 0. The minimum atomic E-state index is -2.92. The van der Waals surface area contributed by atoms with E-state index in [1.54, 1.807) is 18.2 Å². The minimum Gasteiger partial charge on any atom is -0.492 e. The Kier molecular flexibility index (Phi) is 8.81. The van der Waals surface area contributed by atoms with E-state index >= 15 is 0 Å². The first-order chi connectivity index (χ1) is 15.1. The molecule has 0 aliphatic carbocycles. The molecule has 1 fully saturated rings. The Bertz CT molecular complexity index is 870. The van der Waals surface area contributed by atoms with Crippen LogP contribution in [0.3, 0.4) is 0 Å². The van der Waals surface area contributed by atoms with Crippen molar-refractivity contribution in [3.8, 4) is 11.5 Å². The van der Waals surface area contributed by atoms with Crippen LogP contribution in [0.5, 0.6) is 11.5 Å². The van der Waals surface area contributed by atoms with E-state index in [-0.39, 0.29) is 11.7 Å². The van der Waals surface area contributed by atoms with Gasteiger partial charge in [-0.3, -0.25) is 9.69 Å². The molecule has 0 unspecified atom stereocenters. The number of hydrogen-bond donors (Lipinski definition) is 1. The fourth-order valence-electron chi connectivity index (χ4n) is 3.10. The molecule has 1 amide bonds. The molecule has 31 heavy (non-hydrogen) atoms. The third kappa shape index (κ3) is 7.99. The van der Waals surface area contributed by atoms with Crippen molar-refractivity contribution in [1.29, 1.82) is 0 Å². The summed E-state index contributed by atoms with van der Waals surface area (Å²) >= 11 is 0. The molecule has 1 aliphatic heterocycles. The highest BCUT2D eigenvalue weighted by atomic mass is 19.3. The number of carbonyl (C=O) groups excluding carboxylic acids is 1. The first-order valence-corrected chi connectivity index (χ1v) is 10.1. The predicted octanol–water partition coefficient (Wildman–Crippen LogP) is 3.33. The molecular weight excluding hydrogens is 406 g/mol. The third-order valence-electron chi connectivity index (χ3n) is 4.69. The van der Waals surface area contributed by atoms with E-state index in [0.29, 0.717) is 18.7 Å². The predicted molar refractivity (Wildman–Crippen MR) is 113 cm³/mol. The van der Waals surface area contributed by atoms with Crippen molar-refractivity contribution < 1.29 is 27.8 Å². The van der Waals surface area contributed by atoms with Crippen molar-refractivity contribution >= 4 is 12.0 Å². The van der Waals surface area contributed by atoms with Gasteiger partial charge in [0.15, 0.2) is 0 Å². The highest BCUT2D eigenvalue weighted by Gasteiger charge is 2.10. The van der Waals surface area contributed by atoms with E-state index < -0.39 is 6.61 Å². The van der Waals surface area contributed by atoms with Crippen LogP contribution >= 0.6 is 0 Å². The fourth-order valence-corrected chi connectivity index (χ4v) is 3.10. The van der Waals surface area contributed by atoms with Gasteiger partial charge in [-0.15, -0.1) is 0 Å². The summed E-state index contributed by atoms with van der Waals surface area (Å²) in [6.07, 6.45) is 2.73. The topological polar surface area (TPSA) is 60.0 Å². The summed E-state index contributed by atoms with van der Waals surface area (Å²) in [5.74, 6) is 0.419. The maximum atomic E-state index is 12.5. The van der Waals surface area contributed by atoms with Gasteiger partial charge in [0.2, 0.25) is 5.91 Å². The summed E-state index contributed by atoms with van der Waals surface area (Å²) < 4.78 is 40.5. The Balaban J connectivity index is 1.46. The second-order valence-electron chi connectivity index (χ2n) is 6.92. The lowest BCUT2D eigenvalue weighted by Crippen LogP contribution is -2.38. The number of nitrogens with one attached hydrogen (secondary N) is 1. The largest absolute Gasteiger partial charge is 0.492 e. The van der Waals surface area contributed by atoms with Gasteiger partial charge in [0, 0.05) is 37.8 Å². The fraction of sp³-hybridized carbons (Fsp3) is 0.348.